The van der Waals surface area contributed by atoms with E-state index >= 15 is 0 Å². The van der Waals surface area contributed by atoms with Crippen molar-refractivity contribution in [2.24, 2.45) is 17.4 Å². The molecule has 92 heavy (non-hydrogen) atoms. The number of hydrogen-bond acceptors (Lipinski definition) is 25. The predicted octanol–water partition coefficient (Wildman–Crippen LogP) is -4.70. The van der Waals surface area contributed by atoms with Gasteiger partial charge in [0.2, 0.25) is 53.0 Å². The third-order valence-corrected chi connectivity index (χ3v) is 17.0. The number of ketones is 2. The number of anilines is 2. The fourth-order valence-corrected chi connectivity index (χ4v) is 12.5. The maximum atomic E-state index is 14.0. The first-order valence-electron chi connectivity index (χ1n) is 28.0. The summed E-state index contributed by atoms with van der Waals surface area (Å²) in [5, 5.41) is 50.6. The van der Waals surface area contributed by atoms with Gasteiger partial charge in [0.25, 0.3) is 11.5 Å². The summed E-state index contributed by atoms with van der Waals surface area (Å²) in [7, 11) is 2.46. The Labute approximate surface area is 522 Å². The number of methoxy groups -OCH3 is 2. The van der Waals surface area contributed by atoms with Crippen LogP contribution in [0.1, 0.15) is 61.5 Å². The van der Waals surface area contributed by atoms with Crippen LogP contribution in [0.15, 0.2) is 57.9 Å². The zero-order valence-electron chi connectivity index (χ0n) is 49.1. The second kappa shape index (κ2) is 27.9. The van der Waals surface area contributed by atoms with Crippen LogP contribution in [-0.4, -0.2) is 226 Å². The first-order valence-corrected chi connectivity index (χ1v) is 29.1. The quantitative estimate of drug-likeness (QED) is 0.00745. The molecule has 8 amide bonds. The molecule has 6 heterocycles. The molecule has 2 unspecified atom stereocenters. The Hall–Kier alpha value is -10.8. The average Bonchev–Trinajstić information content (AvgIpc) is 1.49. The Morgan fingerprint density at radius 3 is 2.21 bits per heavy atom. The van der Waals surface area contributed by atoms with Gasteiger partial charge >= 0.3 is 24.0 Å². The van der Waals surface area contributed by atoms with Crippen molar-refractivity contribution in [3.8, 4) is 0 Å². The van der Waals surface area contributed by atoms with E-state index in [1.165, 1.54) is 61.4 Å². The topological polar surface area (TPSA) is 565 Å². The lowest BCUT2D eigenvalue weighted by Gasteiger charge is -2.41. The molecule has 4 aliphatic heterocycles. The zero-order valence-corrected chi connectivity index (χ0v) is 49.9. The number of nitrogens with zero attached hydrogens (tertiary/aromatic N) is 6. The minimum absolute atomic E-state index is 0.00310. The lowest BCUT2D eigenvalue weighted by molar-refractivity contribution is -0.156. The van der Waals surface area contributed by atoms with Gasteiger partial charge in [0, 0.05) is 61.2 Å². The van der Waals surface area contributed by atoms with Gasteiger partial charge < -0.3 is 88.4 Å². The van der Waals surface area contributed by atoms with E-state index in [4.69, 9.17) is 36.8 Å². The van der Waals surface area contributed by atoms with E-state index in [-0.39, 0.29) is 77.8 Å². The van der Waals surface area contributed by atoms with Crippen LogP contribution in [0.3, 0.4) is 0 Å². The molecule has 0 saturated carbocycles. The third-order valence-electron chi connectivity index (χ3n) is 15.7. The number of nitrogens with one attached hydrogen (secondary N) is 8. The fraction of sp³-hybridized carbons (Fsp3) is 0.444. The number of piperazine rings is 1. The number of carboxylic acids is 3. The first kappa shape index (κ1) is 67.1. The molecule has 0 bridgehead atoms. The normalized spacial score (nSPS) is 20.9. The van der Waals surface area contributed by atoms with Crippen LogP contribution in [0.5, 0.6) is 0 Å². The Bertz CT molecular complexity index is 3730. The van der Waals surface area contributed by atoms with Crippen LogP contribution >= 0.6 is 11.8 Å². The monoisotopic (exact) mass is 1300 g/mol. The highest BCUT2D eigenvalue weighted by atomic mass is 32.2. The van der Waals surface area contributed by atoms with Gasteiger partial charge in [-0.1, -0.05) is 0 Å². The summed E-state index contributed by atoms with van der Waals surface area (Å²) in [6.07, 6.45) is -2.86. The number of ether oxygens (including phenoxy) is 3. The SMILES string of the molecule is COC1=C(C)C(=O)C2=C(C1=O)[C@H](COC(N)=O)[C@]1(OC)C3[C@@H](CN21)N3C(=O)CN1C(=O)CC(SC[C@@H](NC(=O)[C@@H](CC(=O)O)NC(=O)[C@@H](CCCNC(=N)N)NC(=O)CC[C@@H](NC(=O)c2ccc(NCc3cnc4nc(N)[nH]c(=O)c4n3)cc2)C(=O)O)C(=O)O)C1=O. The maximum absolute atomic E-state index is 14.0. The number of aromatic nitrogens is 4. The molecule has 2 aromatic heterocycles. The molecular weight excluding hydrogens is 1240 g/mol. The molecule has 3 saturated heterocycles. The van der Waals surface area contributed by atoms with Crippen LogP contribution in [0.4, 0.5) is 16.4 Å². The summed E-state index contributed by atoms with van der Waals surface area (Å²) in [5.74, 6) is -15.5. The number of allylic oxidation sites excluding steroid dienone is 2. The smallest absolute Gasteiger partial charge is 0.404 e. The number of imide groups is 1. The Morgan fingerprint density at radius 2 is 1.57 bits per heavy atom. The van der Waals surface area contributed by atoms with Crippen LogP contribution in [0, 0.1) is 11.3 Å². The van der Waals surface area contributed by atoms with E-state index < -0.39 is 186 Å². The number of likely N-dealkylation sites (tertiary alicyclic amines) is 1. The zero-order chi connectivity index (χ0) is 67.2. The number of aliphatic carboxylic acids is 3. The molecule has 0 radical (unpaired) electrons. The molecule has 0 spiro atoms. The number of hydrogen-bond donors (Lipinski definition) is 14. The number of carbonyl (C=O) groups is 13. The number of primary amides is 1. The van der Waals surface area contributed by atoms with E-state index in [2.05, 4.69) is 51.8 Å². The van der Waals surface area contributed by atoms with Crippen molar-refractivity contribution in [2.75, 3.05) is 57.3 Å². The van der Waals surface area contributed by atoms with E-state index in [0.717, 1.165) is 0 Å². The van der Waals surface area contributed by atoms with Gasteiger partial charge in [-0.25, -0.2) is 24.4 Å². The third kappa shape index (κ3) is 14.3. The number of carboxylic acid groups (broad SMARTS) is 3. The Balaban J connectivity index is 0.845. The van der Waals surface area contributed by atoms with Crippen molar-refractivity contribution in [1.29, 1.82) is 5.41 Å². The summed E-state index contributed by atoms with van der Waals surface area (Å²) in [4.78, 5) is 202. The molecule has 17 N–H and O–H groups in total. The van der Waals surface area contributed by atoms with E-state index in [1.807, 2.05) is 0 Å². The largest absolute Gasteiger partial charge is 0.492 e. The van der Waals surface area contributed by atoms with Gasteiger partial charge in [-0.2, -0.15) is 4.98 Å². The van der Waals surface area contributed by atoms with Crippen molar-refractivity contribution < 1.29 is 91.9 Å². The number of amides is 8. The minimum Gasteiger partial charge on any atom is -0.492 e. The first-order chi connectivity index (χ1) is 43.6. The van der Waals surface area contributed by atoms with Gasteiger partial charge in [0.05, 0.1) is 54.9 Å². The Morgan fingerprint density at radius 1 is 0.880 bits per heavy atom. The van der Waals surface area contributed by atoms with Crippen molar-refractivity contribution >= 4 is 117 Å². The number of guanidine groups is 1. The highest BCUT2D eigenvalue weighted by Crippen LogP contribution is 2.60. The number of nitrogen functional groups attached to an aromatic ring is 1. The molecular formula is C54H63N17O20S. The van der Waals surface area contributed by atoms with Crippen LogP contribution in [0.2, 0.25) is 0 Å². The lowest BCUT2D eigenvalue weighted by Crippen LogP contribution is -2.57. The predicted molar refractivity (Wildman–Crippen MR) is 313 cm³/mol. The van der Waals surface area contributed by atoms with Crippen molar-refractivity contribution in [1.82, 2.24) is 61.2 Å². The second-order valence-corrected chi connectivity index (χ2v) is 22.7. The van der Waals surface area contributed by atoms with Crippen molar-refractivity contribution in [2.45, 2.75) is 99.2 Å². The Kier molecular flexibility index (Phi) is 20.4. The summed E-state index contributed by atoms with van der Waals surface area (Å²) >= 11 is 0.608. The molecule has 3 aromatic rings. The molecule has 9 atom stereocenters. The second-order valence-electron chi connectivity index (χ2n) is 21.5. The molecule has 1 aliphatic carbocycles. The van der Waals surface area contributed by atoms with E-state index in [0.29, 0.717) is 28.0 Å². The molecule has 490 valence electrons. The highest BCUT2D eigenvalue weighted by Gasteiger charge is 2.77. The molecule has 1 aromatic carbocycles. The van der Waals surface area contributed by atoms with Gasteiger partial charge in [0.15, 0.2) is 28.6 Å². The number of benzene rings is 1. The van der Waals surface area contributed by atoms with E-state index in [1.54, 1.807) is 0 Å². The van der Waals surface area contributed by atoms with E-state index in [9.17, 15) is 82.4 Å². The standard InChI is InChI=1S/C54H63N17O20S/c1-21-39(77)38-36(40(78)41(21)89-2)25(19-91-53(58)88)54(90-3)42-30(17-70(38)54)71(42)34(74)18-69-33(73)14-31(48(69)83)92-20-29(50(86)87)66-46(81)28(13-35(75)76)65-45(80)26(5-4-12-59-51(55)56)63-32(72)11-10-27(49(84)85)64-44(79)22-6-8-23(9-7-22)60-15-24-16-61-43-37(62-24)47(82)68-52(57)67-43/h6-9,16,25-31,42,60H,4-5,10-15,17-20H2,1-3H3,(H2,58,88)(H,63,72)(H,64,79)(H,65,80)(H,66,81)(H,75,76)(H,84,85)(H,86,87)(H4,55,56,59)(H3,57,61,67,68,82)/t25-,26+,27+,28+,29+,30+,31?,42?,54-,71?/m0/s1. The number of H-pyrrole nitrogens is 1. The average molecular weight is 1300 g/mol. The fourth-order valence-electron chi connectivity index (χ4n) is 11.3. The lowest BCUT2D eigenvalue weighted by atomic mass is 9.83. The molecule has 38 heteroatoms. The molecule has 8 rings (SSSR count). The summed E-state index contributed by atoms with van der Waals surface area (Å²) in [5.41, 5.74) is 14.7. The number of carbonyl (C=O) groups excluding carboxylic acids is 10. The molecule has 5 aliphatic rings. The van der Waals surface area contributed by atoms with Crippen molar-refractivity contribution in [3.05, 3.63) is 74.7 Å². The number of rotatable bonds is 30. The summed E-state index contributed by atoms with van der Waals surface area (Å²) < 4.78 is 16.4. The summed E-state index contributed by atoms with van der Waals surface area (Å²) in [6, 6.07) is -2.98. The number of aromatic amines is 1. The number of fused-ring (bicyclic) bond motifs is 5. The van der Waals surface area contributed by atoms with Gasteiger partial charge in [0.1, 0.15) is 43.4 Å². The van der Waals surface area contributed by atoms with Gasteiger partial charge in [-0.05, 0) is 50.5 Å². The molecule has 37 nitrogen and oxygen atoms in total. The number of nitrogens with two attached hydrogens (primary N) is 3. The highest BCUT2D eigenvalue weighted by molar-refractivity contribution is 8.00. The van der Waals surface area contributed by atoms with Gasteiger partial charge in [-0.3, -0.25) is 68.0 Å². The van der Waals surface area contributed by atoms with Crippen LogP contribution in [-0.2, 0) is 73.5 Å². The summed E-state index contributed by atoms with van der Waals surface area (Å²) in [6.45, 7) is 0.0450. The maximum Gasteiger partial charge on any atom is 0.404 e. The number of Topliss-reactive ketones (excluding diaryl/α,β-unsaturated/α-hetero) is 2. The number of thioether (sulfide) groups is 1. The molecule has 3 fully saturated rings. The van der Waals surface area contributed by atoms with Crippen LogP contribution in [0.25, 0.3) is 11.2 Å². The van der Waals surface area contributed by atoms with Crippen LogP contribution < -0.4 is 54.7 Å². The minimum atomic E-state index is -2.01. The van der Waals surface area contributed by atoms with Gasteiger partial charge in [-0.15, -0.1) is 11.8 Å². The van der Waals surface area contributed by atoms with Crippen molar-refractivity contribution in [3.63, 3.8) is 0 Å².